The molecular formula is C10H20O2Se. The summed E-state index contributed by atoms with van der Waals surface area (Å²) in [7, 11) is 1.69. The number of hydrogen-bond acceptors (Lipinski definition) is 2. The number of methoxy groups -OCH3 is 1. The van der Waals surface area contributed by atoms with Crippen molar-refractivity contribution in [1.82, 2.24) is 0 Å². The van der Waals surface area contributed by atoms with Crippen molar-refractivity contribution in [2.75, 3.05) is 12.6 Å². The molecule has 13 heavy (non-hydrogen) atoms. The predicted octanol–water partition coefficient (Wildman–Crippen LogP) is 2.41. The van der Waals surface area contributed by atoms with E-state index in [4.69, 9.17) is 9.47 Å². The van der Waals surface area contributed by atoms with Crippen molar-refractivity contribution >= 4 is 15.0 Å². The summed E-state index contributed by atoms with van der Waals surface area (Å²) in [5, 5.41) is 0. The van der Waals surface area contributed by atoms with E-state index >= 15 is 0 Å². The normalized spacial score (nSPS) is 21.7. The van der Waals surface area contributed by atoms with E-state index in [1.807, 2.05) is 6.92 Å². The van der Waals surface area contributed by atoms with Gasteiger partial charge in [0.15, 0.2) is 0 Å². The molecule has 1 fully saturated rings. The number of ether oxygens (including phenoxy) is 2. The molecule has 78 valence electrons. The Labute approximate surface area is 87.5 Å². The third-order valence-electron chi connectivity index (χ3n) is 2.49. The van der Waals surface area contributed by atoms with Gasteiger partial charge in [0.1, 0.15) is 0 Å². The Morgan fingerprint density at radius 3 is 2.62 bits per heavy atom. The molecule has 0 N–H and O–H groups in total. The zero-order valence-electron chi connectivity index (χ0n) is 8.62. The Hall–Kier alpha value is 0.439. The molecule has 2 nitrogen and oxygen atoms in total. The quantitative estimate of drug-likeness (QED) is 0.552. The van der Waals surface area contributed by atoms with Crippen LogP contribution < -0.4 is 0 Å². The standard InChI is InChI=1S/C10H20O2Se/c1-9(11-2)12-8-13-10-6-4-3-5-7-10/h9-10H,3-8H2,1-2H3. The topological polar surface area (TPSA) is 18.5 Å². The first-order chi connectivity index (χ1) is 6.33. The fourth-order valence-electron chi connectivity index (χ4n) is 1.53. The molecule has 0 aliphatic heterocycles. The zero-order chi connectivity index (χ0) is 9.52. The predicted molar refractivity (Wildman–Crippen MR) is 55.0 cm³/mol. The molecule has 0 aromatic carbocycles. The first kappa shape index (κ1) is 11.5. The summed E-state index contributed by atoms with van der Waals surface area (Å²) in [5.74, 6) is 0. The number of rotatable bonds is 5. The molecule has 1 aliphatic carbocycles. The van der Waals surface area contributed by atoms with E-state index in [-0.39, 0.29) is 6.29 Å². The van der Waals surface area contributed by atoms with E-state index < -0.39 is 0 Å². The molecule has 0 heterocycles. The first-order valence-corrected chi connectivity index (χ1v) is 7.29. The SMILES string of the molecule is COC(C)OC[Se]C1CCCCC1. The second-order valence-electron chi connectivity index (χ2n) is 3.51. The van der Waals surface area contributed by atoms with Crippen LogP contribution in [-0.2, 0) is 9.47 Å². The molecule has 0 bridgehead atoms. The van der Waals surface area contributed by atoms with Crippen molar-refractivity contribution in [3.05, 3.63) is 0 Å². The van der Waals surface area contributed by atoms with Gasteiger partial charge in [-0.2, -0.15) is 0 Å². The van der Waals surface area contributed by atoms with Gasteiger partial charge in [-0.1, -0.05) is 0 Å². The third kappa shape index (κ3) is 5.02. The Morgan fingerprint density at radius 2 is 2.00 bits per heavy atom. The summed E-state index contributed by atoms with van der Waals surface area (Å²) in [6.45, 7) is 1.96. The second kappa shape index (κ2) is 6.83. The minimum atomic E-state index is -0.0227. The van der Waals surface area contributed by atoms with Crippen LogP contribution >= 0.6 is 0 Å². The van der Waals surface area contributed by atoms with Gasteiger partial charge in [-0.15, -0.1) is 0 Å². The van der Waals surface area contributed by atoms with Crippen LogP contribution in [0, 0.1) is 0 Å². The van der Waals surface area contributed by atoms with Crippen LogP contribution in [0.2, 0.25) is 4.82 Å². The molecule has 3 heteroatoms. The van der Waals surface area contributed by atoms with Crippen LogP contribution in [0.5, 0.6) is 0 Å². The van der Waals surface area contributed by atoms with E-state index in [2.05, 4.69) is 0 Å². The van der Waals surface area contributed by atoms with E-state index in [0.717, 1.165) is 10.3 Å². The summed E-state index contributed by atoms with van der Waals surface area (Å²) < 4.78 is 10.5. The van der Waals surface area contributed by atoms with Crippen LogP contribution in [0.15, 0.2) is 0 Å². The van der Waals surface area contributed by atoms with Gasteiger partial charge in [0.2, 0.25) is 0 Å². The number of hydrogen-bond donors (Lipinski definition) is 0. The van der Waals surface area contributed by atoms with Crippen molar-refractivity contribution in [2.24, 2.45) is 0 Å². The van der Waals surface area contributed by atoms with Gasteiger partial charge in [-0.05, 0) is 0 Å². The molecule has 0 spiro atoms. The van der Waals surface area contributed by atoms with Gasteiger partial charge >= 0.3 is 87.2 Å². The molecule has 0 aromatic heterocycles. The van der Waals surface area contributed by atoms with Crippen molar-refractivity contribution in [3.63, 3.8) is 0 Å². The monoisotopic (exact) mass is 252 g/mol. The van der Waals surface area contributed by atoms with Crippen LogP contribution in [-0.4, -0.2) is 33.9 Å². The van der Waals surface area contributed by atoms with Crippen molar-refractivity contribution in [3.8, 4) is 0 Å². The van der Waals surface area contributed by atoms with Gasteiger partial charge in [0.05, 0.1) is 0 Å². The van der Waals surface area contributed by atoms with E-state index in [1.54, 1.807) is 7.11 Å². The zero-order valence-corrected chi connectivity index (χ0v) is 10.3. The molecule has 1 aliphatic rings. The van der Waals surface area contributed by atoms with Gasteiger partial charge in [0, 0.05) is 0 Å². The molecule has 0 saturated heterocycles. The molecule has 1 atom stereocenters. The molecule has 0 amide bonds. The maximum atomic E-state index is 5.50. The summed E-state index contributed by atoms with van der Waals surface area (Å²) in [5.41, 5.74) is 0.923. The van der Waals surface area contributed by atoms with Gasteiger partial charge < -0.3 is 0 Å². The average Bonchev–Trinajstić information content (AvgIpc) is 2.19. The Kier molecular flexibility index (Phi) is 6.05. The fourth-order valence-corrected chi connectivity index (χ4v) is 3.90. The summed E-state index contributed by atoms with van der Waals surface area (Å²) in [6, 6.07) is 0. The summed E-state index contributed by atoms with van der Waals surface area (Å²) in [6.07, 6.45) is 7.17. The van der Waals surface area contributed by atoms with Crippen molar-refractivity contribution < 1.29 is 9.47 Å². The summed E-state index contributed by atoms with van der Waals surface area (Å²) in [4.78, 5) is 0.977. The van der Waals surface area contributed by atoms with Crippen LogP contribution in [0.3, 0.4) is 0 Å². The van der Waals surface area contributed by atoms with Gasteiger partial charge in [-0.3, -0.25) is 0 Å². The molecule has 1 saturated carbocycles. The van der Waals surface area contributed by atoms with E-state index in [0.29, 0.717) is 15.0 Å². The average molecular weight is 251 g/mol. The molecule has 0 aromatic rings. The van der Waals surface area contributed by atoms with E-state index in [1.165, 1.54) is 32.1 Å². The Balaban J connectivity index is 1.98. The third-order valence-corrected chi connectivity index (χ3v) is 5.04. The van der Waals surface area contributed by atoms with E-state index in [9.17, 15) is 0 Å². The molecule has 0 radical (unpaired) electrons. The van der Waals surface area contributed by atoms with Crippen LogP contribution in [0.4, 0.5) is 0 Å². The van der Waals surface area contributed by atoms with Crippen molar-refractivity contribution in [1.29, 1.82) is 0 Å². The van der Waals surface area contributed by atoms with Gasteiger partial charge in [-0.25, -0.2) is 0 Å². The minimum absolute atomic E-state index is 0.0227. The Bertz CT molecular complexity index is 124. The fraction of sp³-hybridized carbons (Fsp3) is 1.00. The van der Waals surface area contributed by atoms with Crippen LogP contribution in [0.1, 0.15) is 39.0 Å². The Morgan fingerprint density at radius 1 is 1.31 bits per heavy atom. The van der Waals surface area contributed by atoms with Crippen LogP contribution in [0.25, 0.3) is 0 Å². The van der Waals surface area contributed by atoms with Crippen molar-refractivity contribution in [2.45, 2.75) is 50.1 Å². The second-order valence-corrected chi connectivity index (χ2v) is 6.11. The molecule has 1 rings (SSSR count). The maximum absolute atomic E-state index is 5.50. The molecular weight excluding hydrogens is 231 g/mol. The summed E-state index contributed by atoms with van der Waals surface area (Å²) >= 11 is 0.674. The van der Waals surface area contributed by atoms with Gasteiger partial charge in [0.25, 0.3) is 0 Å². The molecule has 1 unspecified atom stereocenters. The first-order valence-electron chi connectivity index (χ1n) is 5.09.